The first-order chi connectivity index (χ1) is 13.9. The van der Waals surface area contributed by atoms with Crippen LogP contribution in [0, 0.1) is 0 Å². The standard InChI is InChI=1S/C19H15BrN2O5S2/c1-27-19(24)17-15(23)14(20)16(28-17)12-7-9-21-18-13(12)8-10-22(18)29(25,26)11-5-3-2-4-6-11/h2-10,14,16,23H,1H3. The lowest BCUT2D eigenvalue weighted by atomic mass is 10.1. The van der Waals surface area contributed by atoms with Gasteiger partial charge in [0.15, 0.2) is 5.65 Å². The largest absolute Gasteiger partial charge is 0.510 e. The Morgan fingerprint density at radius 1 is 1.24 bits per heavy atom. The van der Waals surface area contributed by atoms with Gasteiger partial charge in [0.25, 0.3) is 10.0 Å². The third kappa shape index (κ3) is 3.24. The number of methoxy groups -OCH3 is 1. The molecule has 0 bridgehead atoms. The van der Waals surface area contributed by atoms with Crippen LogP contribution in [0.25, 0.3) is 11.0 Å². The van der Waals surface area contributed by atoms with E-state index in [0.29, 0.717) is 5.39 Å². The van der Waals surface area contributed by atoms with Gasteiger partial charge in [-0.05, 0) is 29.8 Å². The minimum Gasteiger partial charge on any atom is -0.510 e. The molecule has 3 heterocycles. The van der Waals surface area contributed by atoms with Crippen LogP contribution in [0.3, 0.4) is 0 Å². The number of halogens is 1. The molecule has 1 aromatic carbocycles. The Kier molecular flexibility index (Phi) is 5.18. The minimum atomic E-state index is -3.81. The number of aliphatic hydroxyl groups excluding tert-OH is 1. The second-order valence-electron chi connectivity index (χ2n) is 6.21. The number of fused-ring (bicyclic) bond motifs is 1. The summed E-state index contributed by atoms with van der Waals surface area (Å²) < 4.78 is 31.9. The van der Waals surface area contributed by atoms with Crippen molar-refractivity contribution in [3.8, 4) is 0 Å². The summed E-state index contributed by atoms with van der Waals surface area (Å²) >= 11 is 4.59. The molecule has 0 radical (unpaired) electrons. The quantitative estimate of drug-likeness (QED) is 0.435. The molecule has 0 fully saturated rings. The van der Waals surface area contributed by atoms with Crippen molar-refractivity contribution < 1.29 is 23.1 Å². The summed E-state index contributed by atoms with van der Waals surface area (Å²) in [5.74, 6) is -0.720. The lowest BCUT2D eigenvalue weighted by molar-refractivity contribution is -0.135. The predicted molar refractivity (Wildman–Crippen MR) is 113 cm³/mol. The maximum atomic E-state index is 13.0. The van der Waals surface area contributed by atoms with E-state index in [1.54, 1.807) is 30.3 Å². The van der Waals surface area contributed by atoms with Crippen LogP contribution in [0.15, 0.2) is 70.4 Å². The monoisotopic (exact) mass is 494 g/mol. The number of hydrogen-bond acceptors (Lipinski definition) is 7. The van der Waals surface area contributed by atoms with Crippen LogP contribution < -0.4 is 0 Å². The lowest BCUT2D eigenvalue weighted by Gasteiger charge is -2.15. The second kappa shape index (κ2) is 7.51. The number of nitrogens with zero attached hydrogens (tertiary/aromatic N) is 2. The number of carbonyl (C=O) groups is 1. The van der Waals surface area contributed by atoms with Gasteiger partial charge in [-0.3, -0.25) is 0 Å². The number of carbonyl (C=O) groups excluding carboxylic acids is 1. The highest BCUT2D eigenvalue weighted by atomic mass is 79.9. The Morgan fingerprint density at radius 3 is 2.66 bits per heavy atom. The molecule has 29 heavy (non-hydrogen) atoms. The van der Waals surface area contributed by atoms with Gasteiger partial charge in [0.2, 0.25) is 0 Å². The van der Waals surface area contributed by atoms with Gasteiger partial charge in [-0.15, -0.1) is 11.8 Å². The van der Waals surface area contributed by atoms with E-state index < -0.39 is 20.8 Å². The van der Waals surface area contributed by atoms with E-state index >= 15 is 0 Å². The molecule has 0 saturated carbocycles. The summed E-state index contributed by atoms with van der Waals surface area (Å²) in [6.45, 7) is 0. The summed E-state index contributed by atoms with van der Waals surface area (Å²) in [4.78, 5) is 16.0. The topological polar surface area (TPSA) is 98.5 Å². The van der Waals surface area contributed by atoms with E-state index in [-0.39, 0.29) is 26.5 Å². The third-order valence-electron chi connectivity index (χ3n) is 4.57. The fourth-order valence-corrected chi connectivity index (χ4v) is 6.74. The molecule has 2 aromatic heterocycles. The summed E-state index contributed by atoms with van der Waals surface area (Å²) in [7, 11) is -2.56. The van der Waals surface area contributed by atoms with E-state index in [4.69, 9.17) is 4.74 Å². The van der Waals surface area contributed by atoms with Crippen LogP contribution >= 0.6 is 27.7 Å². The molecule has 0 saturated heterocycles. The van der Waals surface area contributed by atoms with Gasteiger partial charge < -0.3 is 9.84 Å². The van der Waals surface area contributed by atoms with Crippen LogP contribution in [0.5, 0.6) is 0 Å². The number of ether oxygens (including phenoxy) is 1. The fourth-order valence-electron chi connectivity index (χ4n) is 3.17. The van der Waals surface area contributed by atoms with Gasteiger partial charge in [-0.25, -0.2) is 22.2 Å². The molecule has 4 rings (SSSR count). The number of alkyl halides is 1. The van der Waals surface area contributed by atoms with Gasteiger partial charge >= 0.3 is 5.97 Å². The fraction of sp³-hybridized carbons (Fsp3) is 0.158. The van der Waals surface area contributed by atoms with Gasteiger partial charge in [0, 0.05) is 17.8 Å². The Hall–Kier alpha value is -2.30. The summed E-state index contributed by atoms with van der Waals surface area (Å²) in [5, 5.41) is 10.6. The van der Waals surface area contributed by atoms with Gasteiger partial charge in [0.1, 0.15) is 10.7 Å². The van der Waals surface area contributed by atoms with Crippen molar-refractivity contribution in [3.05, 3.63) is 71.1 Å². The third-order valence-corrected chi connectivity index (χ3v) is 8.95. The van der Waals surface area contributed by atoms with E-state index in [1.807, 2.05) is 0 Å². The molecule has 1 aliphatic heterocycles. The number of rotatable bonds is 4. The molecule has 0 aliphatic carbocycles. The van der Waals surface area contributed by atoms with E-state index in [9.17, 15) is 18.3 Å². The number of benzene rings is 1. The predicted octanol–water partition coefficient (Wildman–Crippen LogP) is 3.77. The van der Waals surface area contributed by atoms with Crippen LogP contribution in [-0.4, -0.2) is 40.4 Å². The van der Waals surface area contributed by atoms with Gasteiger partial charge in [-0.2, -0.15) is 0 Å². The Bertz CT molecular complexity index is 1240. The van der Waals surface area contributed by atoms with Crippen LogP contribution in [0.4, 0.5) is 0 Å². The average molecular weight is 495 g/mol. The van der Waals surface area contributed by atoms with Crippen molar-refractivity contribution in [1.29, 1.82) is 0 Å². The van der Waals surface area contributed by atoms with E-state index in [0.717, 1.165) is 21.3 Å². The molecule has 150 valence electrons. The Labute approximate surface area is 179 Å². The Balaban J connectivity index is 1.80. The minimum absolute atomic E-state index is 0.104. The van der Waals surface area contributed by atoms with Crippen molar-refractivity contribution in [2.24, 2.45) is 0 Å². The molecular formula is C19H15BrN2O5S2. The molecule has 0 amide bonds. The number of thioether (sulfide) groups is 1. The molecule has 2 unspecified atom stereocenters. The van der Waals surface area contributed by atoms with Crippen molar-refractivity contribution in [2.75, 3.05) is 7.11 Å². The molecule has 0 spiro atoms. The highest BCUT2D eigenvalue weighted by molar-refractivity contribution is 9.09. The van der Waals surface area contributed by atoms with Crippen molar-refractivity contribution in [3.63, 3.8) is 0 Å². The van der Waals surface area contributed by atoms with Crippen molar-refractivity contribution in [1.82, 2.24) is 8.96 Å². The van der Waals surface area contributed by atoms with E-state index in [2.05, 4.69) is 20.9 Å². The zero-order valence-electron chi connectivity index (χ0n) is 15.0. The Morgan fingerprint density at radius 2 is 1.97 bits per heavy atom. The zero-order chi connectivity index (χ0) is 20.8. The zero-order valence-corrected chi connectivity index (χ0v) is 18.2. The maximum Gasteiger partial charge on any atom is 0.347 e. The lowest BCUT2D eigenvalue weighted by Crippen LogP contribution is -2.13. The summed E-state index contributed by atoms with van der Waals surface area (Å²) in [6, 6.07) is 11.5. The number of hydrogen-bond donors (Lipinski definition) is 1. The number of pyridine rings is 1. The average Bonchev–Trinajstić information content (AvgIpc) is 3.30. The van der Waals surface area contributed by atoms with E-state index in [1.165, 1.54) is 31.6 Å². The van der Waals surface area contributed by atoms with Crippen molar-refractivity contribution in [2.45, 2.75) is 15.0 Å². The first kappa shape index (κ1) is 20.0. The summed E-state index contributed by atoms with van der Waals surface area (Å²) in [6.07, 6.45) is 2.98. The van der Waals surface area contributed by atoms with Gasteiger partial charge in [0.05, 0.1) is 22.1 Å². The second-order valence-corrected chi connectivity index (χ2v) is 10.2. The number of aromatic nitrogens is 2. The highest BCUT2D eigenvalue weighted by Gasteiger charge is 2.39. The first-order valence-corrected chi connectivity index (χ1v) is 11.7. The molecule has 3 aromatic rings. The molecule has 1 aliphatic rings. The smallest absolute Gasteiger partial charge is 0.347 e. The number of esters is 1. The molecule has 7 nitrogen and oxygen atoms in total. The van der Waals surface area contributed by atoms with Crippen LogP contribution in [0.1, 0.15) is 10.8 Å². The van der Waals surface area contributed by atoms with Gasteiger partial charge in [-0.1, -0.05) is 34.1 Å². The normalized spacial score (nSPS) is 19.7. The number of aliphatic hydroxyl groups is 1. The first-order valence-electron chi connectivity index (χ1n) is 8.45. The van der Waals surface area contributed by atoms with Crippen LogP contribution in [-0.2, 0) is 19.6 Å². The number of allylic oxidation sites excluding steroid dienone is 1. The molecular weight excluding hydrogens is 480 g/mol. The highest BCUT2D eigenvalue weighted by Crippen LogP contribution is 2.51. The molecule has 1 N–H and O–H groups in total. The van der Waals surface area contributed by atoms with Crippen molar-refractivity contribution >= 4 is 54.7 Å². The maximum absolute atomic E-state index is 13.0. The molecule has 10 heteroatoms. The molecule has 2 atom stereocenters. The van der Waals surface area contributed by atoms with Crippen LogP contribution in [0.2, 0.25) is 0 Å². The summed E-state index contributed by atoms with van der Waals surface area (Å²) in [5.41, 5.74) is 1.02. The SMILES string of the molecule is COC(=O)C1=C(O)C(Br)C(c2ccnc3c2ccn3S(=O)(=O)c2ccccc2)S1.